The Morgan fingerprint density at radius 3 is 2.60 bits per heavy atom. The van der Waals surface area contributed by atoms with Crippen LogP contribution in [-0.4, -0.2) is 36.8 Å². The van der Waals surface area contributed by atoms with Gasteiger partial charge in [-0.2, -0.15) is 0 Å². The average Bonchev–Trinajstić information content (AvgIpc) is 2.33. The van der Waals surface area contributed by atoms with Gasteiger partial charge in [0.1, 0.15) is 5.82 Å². The summed E-state index contributed by atoms with van der Waals surface area (Å²) in [6.07, 6.45) is 0.328. The number of aromatic carboxylic acids is 1. The molecule has 1 heterocycles. The molecule has 0 amide bonds. The highest BCUT2D eigenvalue weighted by Gasteiger charge is 2.11. The van der Waals surface area contributed by atoms with Gasteiger partial charge in [-0.25, -0.2) is 23.3 Å². The first kappa shape index (κ1) is 16.4. The van der Waals surface area contributed by atoms with Crippen LogP contribution in [0, 0.1) is 0 Å². The number of primary sulfonamides is 1. The van der Waals surface area contributed by atoms with Gasteiger partial charge in [0.25, 0.3) is 0 Å². The number of pyridine rings is 1. The van der Waals surface area contributed by atoms with Crippen LogP contribution in [0.1, 0.15) is 42.2 Å². The molecular weight excluding hydrogens is 282 g/mol. The maximum Gasteiger partial charge on any atom is 0.335 e. The van der Waals surface area contributed by atoms with Crippen molar-refractivity contribution in [2.75, 3.05) is 17.6 Å². The molecule has 0 aromatic carbocycles. The molecule has 4 N–H and O–H groups in total. The molecule has 1 aromatic rings. The number of nitrogens with zero attached hydrogens (tertiary/aromatic N) is 1. The second kappa shape index (κ2) is 6.67. The molecule has 0 saturated heterocycles. The first-order valence-corrected chi connectivity index (χ1v) is 7.90. The number of aromatic nitrogens is 1. The molecule has 0 spiro atoms. The number of nitrogens with one attached hydrogen (secondary N) is 1. The Hall–Kier alpha value is -1.67. The van der Waals surface area contributed by atoms with Gasteiger partial charge in [0.2, 0.25) is 10.0 Å². The number of nitrogens with two attached hydrogens (primary N) is 1. The van der Waals surface area contributed by atoms with Gasteiger partial charge in [-0.05, 0) is 24.5 Å². The summed E-state index contributed by atoms with van der Waals surface area (Å²) in [5.74, 6) is -0.639. The summed E-state index contributed by atoms with van der Waals surface area (Å²) in [5.41, 5.74) is 0.816. The second-order valence-corrected chi connectivity index (χ2v) is 6.51. The maximum absolute atomic E-state index is 11.0. The number of carbonyl (C=O) groups is 1. The monoisotopic (exact) mass is 301 g/mol. The van der Waals surface area contributed by atoms with E-state index in [1.165, 1.54) is 12.1 Å². The average molecular weight is 301 g/mol. The van der Waals surface area contributed by atoms with E-state index in [4.69, 9.17) is 10.2 Å². The Kier molecular flexibility index (Phi) is 5.46. The van der Waals surface area contributed by atoms with Gasteiger partial charge in [-0.1, -0.05) is 13.8 Å². The number of sulfonamides is 1. The van der Waals surface area contributed by atoms with E-state index in [2.05, 4.69) is 10.3 Å². The lowest BCUT2D eigenvalue weighted by Crippen LogP contribution is -2.19. The molecule has 20 heavy (non-hydrogen) atoms. The largest absolute Gasteiger partial charge is 0.478 e. The summed E-state index contributed by atoms with van der Waals surface area (Å²) in [6.45, 7) is 4.18. The Labute approximate surface area is 118 Å². The number of hydrogen-bond acceptors (Lipinski definition) is 5. The van der Waals surface area contributed by atoms with Crippen molar-refractivity contribution in [3.8, 4) is 0 Å². The molecular formula is C12H19N3O4S. The van der Waals surface area contributed by atoms with Crippen molar-refractivity contribution in [2.24, 2.45) is 5.14 Å². The van der Waals surface area contributed by atoms with Crippen LogP contribution in [-0.2, 0) is 10.0 Å². The molecule has 8 heteroatoms. The van der Waals surface area contributed by atoms with Crippen molar-refractivity contribution in [1.29, 1.82) is 0 Å². The van der Waals surface area contributed by atoms with Crippen molar-refractivity contribution in [3.63, 3.8) is 0 Å². The molecule has 1 aromatic heterocycles. The van der Waals surface area contributed by atoms with E-state index in [0.717, 1.165) is 0 Å². The van der Waals surface area contributed by atoms with Gasteiger partial charge in [0.05, 0.1) is 11.3 Å². The lowest BCUT2D eigenvalue weighted by molar-refractivity contribution is 0.0696. The molecule has 1 rings (SSSR count). The summed E-state index contributed by atoms with van der Waals surface area (Å²) in [6, 6.07) is 2.95. The highest BCUT2D eigenvalue weighted by Crippen LogP contribution is 2.17. The van der Waals surface area contributed by atoms with E-state index >= 15 is 0 Å². The zero-order valence-corrected chi connectivity index (χ0v) is 12.3. The summed E-state index contributed by atoms with van der Waals surface area (Å²) in [7, 11) is -3.48. The molecule has 7 nitrogen and oxygen atoms in total. The predicted octanol–water partition coefficient (Wildman–Crippen LogP) is 0.994. The fraction of sp³-hybridized carbons (Fsp3) is 0.500. The molecule has 0 atom stereocenters. The van der Waals surface area contributed by atoms with Crippen molar-refractivity contribution in [3.05, 3.63) is 23.4 Å². The lowest BCUT2D eigenvalue weighted by Gasteiger charge is -2.11. The van der Waals surface area contributed by atoms with Crippen molar-refractivity contribution >= 4 is 21.8 Å². The predicted molar refractivity (Wildman–Crippen MR) is 76.4 cm³/mol. The first-order chi connectivity index (χ1) is 9.19. The minimum atomic E-state index is -3.48. The van der Waals surface area contributed by atoms with E-state index in [1.807, 2.05) is 13.8 Å². The number of hydrogen-bond donors (Lipinski definition) is 3. The number of anilines is 1. The summed E-state index contributed by atoms with van der Waals surface area (Å²) in [4.78, 5) is 15.3. The smallest absolute Gasteiger partial charge is 0.335 e. The van der Waals surface area contributed by atoms with E-state index in [9.17, 15) is 13.2 Å². The molecule has 0 radical (unpaired) electrons. The van der Waals surface area contributed by atoms with E-state index < -0.39 is 16.0 Å². The Morgan fingerprint density at radius 2 is 2.10 bits per heavy atom. The topological polar surface area (TPSA) is 122 Å². The third-order valence-corrected chi connectivity index (χ3v) is 3.45. The lowest BCUT2D eigenvalue weighted by atomic mass is 10.1. The molecule has 0 fully saturated rings. The number of rotatable bonds is 7. The Bertz CT molecular complexity index is 584. The van der Waals surface area contributed by atoms with Crippen LogP contribution in [0.2, 0.25) is 0 Å². The van der Waals surface area contributed by atoms with Crippen LogP contribution in [0.5, 0.6) is 0 Å². The molecule has 0 aliphatic heterocycles. The van der Waals surface area contributed by atoms with Crippen molar-refractivity contribution in [1.82, 2.24) is 4.98 Å². The molecule has 0 aliphatic rings. The highest BCUT2D eigenvalue weighted by atomic mass is 32.2. The first-order valence-electron chi connectivity index (χ1n) is 6.18. The maximum atomic E-state index is 11.0. The van der Waals surface area contributed by atoms with Gasteiger partial charge in [0.15, 0.2) is 0 Å². The van der Waals surface area contributed by atoms with E-state index in [0.29, 0.717) is 24.5 Å². The van der Waals surface area contributed by atoms with E-state index in [-0.39, 0.29) is 17.2 Å². The molecule has 0 bridgehead atoms. The Morgan fingerprint density at radius 1 is 1.45 bits per heavy atom. The SMILES string of the molecule is CC(C)c1cc(C(=O)O)cc(NCCCS(N)(=O)=O)n1. The van der Waals surface area contributed by atoms with E-state index in [1.54, 1.807) is 0 Å². The summed E-state index contributed by atoms with van der Waals surface area (Å²) >= 11 is 0. The Balaban J connectivity index is 2.76. The van der Waals surface area contributed by atoms with Crippen LogP contribution in [0.15, 0.2) is 12.1 Å². The van der Waals surface area contributed by atoms with Crippen molar-refractivity contribution in [2.45, 2.75) is 26.2 Å². The van der Waals surface area contributed by atoms with Gasteiger partial charge in [0, 0.05) is 12.2 Å². The van der Waals surface area contributed by atoms with Crippen LogP contribution in [0.25, 0.3) is 0 Å². The van der Waals surface area contributed by atoms with Gasteiger partial charge in [-0.15, -0.1) is 0 Å². The number of carboxylic acid groups (broad SMARTS) is 1. The fourth-order valence-electron chi connectivity index (χ4n) is 1.55. The standard InChI is InChI=1S/C12H19N3O4S/c1-8(2)10-6-9(12(16)17)7-11(15-10)14-4-3-5-20(13,18)19/h6-8H,3-5H2,1-2H3,(H,14,15)(H,16,17)(H2,13,18,19). The summed E-state index contributed by atoms with van der Waals surface area (Å²) in [5, 5.41) is 16.8. The third-order valence-electron chi connectivity index (χ3n) is 2.60. The van der Waals surface area contributed by atoms with Crippen LogP contribution < -0.4 is 10.5 Å². The molecule has 0 aliphatic carbocycles. The minimum absolute atomic E-state index is 0.0965. The highest BCUT2D eigenvalue weighted by molar-refractivity contribution is 7.89. The second-order valence-electron chi connectivity index (χ2n) is 4.77. The van der Waals surface area contributed by atoms with Crippen LogP contribution in [0.4, 0.5) is 5.82 Å². The molecule has 0 saturated carbocycles. The van der Waals surface area contributed by atoms with Gasteiger partial charge < -0.3 is 10.4 Å². The zero-order chi connectivity index (χ0) is 15.3. The normalized spacial score (nSPS) is 11.6. The summed E-state index contributed by atoms with van der Waals surface area (Å²) < 4.78 is 21.6. The van der Waals surface area contributed by atoms with Crippen LogP contribution in [0.3, 0.4) is 0 Å². The molecule has 112 valence electrons. The van der Waals surface area contributed by atoms with Gasteiger partial charge in [-0.3, -0.25) is 0 Å². The number of carboxylic acids is 1. The van der Waals surface area contributed by atoms with Crippen molar-refractivity contribution < 1.29 is 18.3 Å². The molecule has 0 unspecified atom stereocenters. The van der Waals surface area contributed by atoms with Crippen LogP contribution >= 0.6 is 0 Å². The zero-order valence-electron chi connectivity index (χ0n) is 11.5. The minimum Gasteiger partial charge on any atom is -0.478 e. The third kappa shape index (κ3) is 5.54. The van der Waals surface area contributed by atoms with Gasteiger partial charge >= 0.3 is 5.97 Å². The fourth-order valence-corrected chi connectivity index (χ4v) is 2.10. The quantitative estimate of drug-likeness (QED) is 0.645.